The van der Waals surface area contributed by atoms with Crippen molar-refractivity contribution in [3.8, 4) is 5.75 Å². The van der Waals surface area contributed by atoms with Gasteiger partial charge in [0.2, 0.25) is 0 Å². The zero-order chi connectivity index (χ0) is 14.8. The van der Waals surface area contributed by atoms with E-state index < -0.39 is 6.10 Å². The minimum absolute atomic E-state index is 0.0872. The zero-order valence-electron chi connectivity index (χ0n) is 12.5. The number of aliphatic hydroxyl groups excluding tert-OH is 1. The van der Waals surface area contributed by atoms with Crippen LogP contribution >= 0.6 is 0 Å². The van der Waals surface area contributed by atoms with Crippen molar-refractivity contribution < 1.29 is 14.6 Å². The molecular formula is C15H23NO3. The van der Waals surface area contributed by atoms with E-state index >= 15 is 0 Å². The van der Waals surface area contributed by atoms with Gasteiger partial charge in [0.05, 0.1) is 7.11 Å². The Kier molecular flexibility index (Phi) is 4.58. The average molecular weight is 265 g/mol. The minimum Gasteiger partial charge on any atom is -0.496 e. The number of anilines is 1. The lowest BCUT2D eigenvalue weighted by Crippen LogP contribution is -2.34. The summed E-state index contributed by atoms with van der Waals surface area (Å²) in [7, 11) is 3.29. The van der Waals surface area contributed by atoms with Crippen molar-refractivity contribution in [3.05, 3.63) is 23.8 Å². The number of likely N-dealkylation sites (N-methyl/N-ethyl adjacent to an activating group) is 1. The van der Waals surface area contributed by atoms with Crippen LogP contribution in [0.15, 0.2) is 18.2 Å². The predicted molar refractivity (Wildman–Crippen MR) is 76.8 cm³/mol. The molecule has 106 valence electrons. The molecule has 0 saturated carbocycles. The molecule has 1 rings (SSSR count). The van der Waals surface area contributed by atoms with Crippen LogP contribution in [0.3, 0.4) is 0 Å². The molecule has 0 aliphatic heterocycles. The van der Waals surface area contributed by atoms with Gasteiger partial charge in [-0.25, -0.2) is 0 Å². The van der Waals surface area contributed by atoms with Crippen LogP contribution < -0.4 is 9.64 Å². The number of carbonyl (C=O) groups is 1. The van der Waals surface area contributed by atoms with Gasteiger partial charge in [-0.1, -0.05) is 20.8 Å². The lowest BCUT2D eigenvalue weighted by Gasteiger charge is -2.25. The fourth-order valence-electron chi connectivity index (χ4n) is 1.90. The summed E-state index contributed by atoms with van der Waals surface area (Å²) in [6, 6.07) is 5.59. The van der Waals surface area contributed by atoms with Gasteiger partial charge in [-0.3, -0.25) is 4.79 Å². The number of methoxy groups -OCH3 is 1. The summed E-state index contributed by atoms with van der Waals surface area (Å²) in [5, 5.41) is 9.37. The summed E-state index contributed by atoms with van der Waals surface area (Å²) < 4.78 is 5.36. The molecule has 0 spiro atoms. The van der Waals surface area contributed by atoms with Crippen LogP contribution in [-0.4, -0.2) is 31.3 Å². The average Bonchev–Trinajstić information content (AvgIpc) is 2.35. The minimum atomic E-state index is -1.01. The Hall–Kier alpha value is -1.55. The van der Waals surface area contributed by atoms with E-state index in [1.807, 2.05) is 18.2 Å². The fourth-order valence-corrected chi connectivity index (χ4v) is 1.90. The number of hydrogen-bond donors (Lipinski definition) is 1. The Balaban J connectivity index is 3.22. The van der Waals surface area contributed by atoms with Gasteiger partial charge in [0.25, 0.3) is 5.91 Å². The first kappa shape index (κ1) is 15.5. The number of benzene rings is 1. The third-order valence-electron chi connectivity index (χ3n) is 3.07. The Labute approximate surface area is 115 Å². The van der Waals surface area contributed by atoms with Crippen LogP contribution in [0.5, 0.6) is 5.75 Å². The molecule has 0 aliphatic carbocycles. The molecule has 0 aromatic heterocycles. The Morgan fingerprint density at radius 3 is 2.37 bits per heavy atom. The molecule has 1 amide bonds. The van der Waals surface area contributed by atoms with E-state index in [0.717, 1.165) is 17.0 Å². The highest BCUT2D eigenvalue weighted by atomic mass is 16.5. The van der Waals surface area contributed by atoms with Gasteiger partial charge < -0.3 is 14.7 Å². The molecule has 1 unspecified atom stereocenters. The highest BCUT2D eigenvalue weighted by Crippen LogP contribution is 2.34. The van der Waals surface area contributed by atoms with Gasteiger partial charge in [-0.05, 0) is 30.5 Å². The van der Waals surface area contributed by atoms with Crippen LogP contribution in [0.1, 0.15) is 33.3 Å². The molecule has 1 aromatic rings. The standard InChI is InChI=1S/C15H23NO3/c1-10(17)14(18)16(5)11-7-8-13(19-6)12(9-11)15(2,3)4/h7-10,17H,1-6H3. The normalized spacial score (nSPS) is 13.0. The first-order chi connectivity index (χ1) is 8.68. The molecule has 1 N–H and O–H groups in total. The lowest BCUT2D eigenvalue weighted by atomic mass is 9.86. The van der Waals surface area contributed by atoms with Gasteiger partial charge >= 0.3 is 0 Å². The number of amides is 1. The van der Waals surface area contributed by atoms with Crippen LogP contribution in [0.4, 0.5) is 5.69 Å². The van der Waals surface area contributed by atoms with Gasteiger partial charge in [0, 0.05) is 18.3 Å². The molecule has 0 saturated heterocycles. The molecule has 0 heterocycles. The monoisotopic (exact) mass is 265 g/mol. The molecule has 0 radical (unpaired) electrons. The summed E-state index contributed by atoms with van der Waals surface area (Å²) in [6.45, 7) is 7.73. The zero-order valence-corrected chi connectivity index (χ0v) is 12.5. The largest absolute Gasteiger partial charge is 0.496 e. The van der Waals surface area contributed by atoms with E-state index in [0.29, 0.717) is 0 Å². The van der Waals surface area contributed by atoms with E-state index in [9.17, 15) is 9.90 Å². The van der Waals surface area contributed by atoms with Gasteiger partial charge in [-0.15, -0.1) is 0 Å². The molecule has 1 atom stereocenters. The molecule has 0 aliphatic rings. The molecular weight excluding hydrogens is 242 g/mol. The number of ether oxygens (including phenoxy) is 1. The van der Waals surface area contributed by atoms with E-state index in [-0.39, 0.29) is 11.3 Å². The first-order valence-electron chi connectivity index (χ1n) is 6.32. The molecule has 4 nitrogen and oxygen atoms in total. The van der Waals surface area contributed by atoms with E-state index in [1.165, 1.54) is 11.8 Å². The summed E-state index contributed by atoms with van der Waals surface area (Å²) in [6.07, 6.45) is -1.01. The maximum absolute atomic E-state index is 11.8. The Bertz CT molecular complexity index is 461. The van der Waals surface area contributed by atoms with E-state index in [2.05, 4.69) is 20.8 Å². The van der Waals surface area contributed by atoms with Gasteiger partial charge in [-0.2, -0.15) is 0 Å². The van der Waals surface area contributed by atoms with Crippen LogP contribution in [0.2, 0.25) is 0 Å². The molecule has 19 heavy (non-hydrogen) atoms. The van der Waals surface area contributed by atoms with Crippen molar-refractivity contribution in [1.82, 2.24) is 0 Å². The SMILES string of the molecule is COc1ccc(N(C)C(=O)C(C)O)cc1C(C)(C)C. The number of hydrogen-bond acceptors (Lipinski definition) is 3. The number of carbonyl (C=O) groups excluding carboxylic acids is 1. The van der Waals surface area contributed by atoms with Crippen molar-refractivity contribution in [3.63, 3.8) is 0 Å². The van der Waals surface area contributed by atoms with Crippen molar-refractivity contribution in [2.75, 3.05) is 19.1 Å². The highest BCUT2D eigenvalue weighted by Gasteiger charge is 2.22. The molecule has 0 bridgehead atoms. The second-order valence-corrected chi connectivity index (χ2v) is 5.71. The quantitative estimate of drug-likeness (QED) is 0.912. The second kappa shape index (κ2) is 5.61. The third kappa shape index (κ3) is 3.47. The number of rotatable bonds is 3. The first-order valence-corrected chi connectivity index (χ1v) is 6.32. The van der Waals surface area contributed by atoms with E-state index in [1.54, 1.807) is 14.2 Å². The van der Waals surface area contributed by atoms with Gasteiger partial charge in [0.15, 0.2) is 0 Å². The van der Waals surface area contributed by atoms with Gasteiger partial charge in [0.1, 0.15) is 11.9 Å². The smallest absolute Gasteiger partial charge is 0.255 e. The van der Waals surface area contributed by atoms with E-state index in [4.69, 9.17) is 4.74 Å². The summed E-state index contributed by atoms with van der Waals surface area (Å²) >= 11 is 0. The number of aliphatic hydroxyl groups is 1. The van der Waals surface area contributed by atoms with Crippen LogP contribution in [0.25, 0.3) is 0 Å². The van der Waals surface area contributed by atoms with Crippen LogP contribution in [-0.2, 0) is 10.2 Å². The maximum Gasteiger partial charge on any atom is 0.255 e. The topological polar surface area (TPSA) is 49.8 Å². The number of nitrogens with zero attached hydrogens (tertiary/aromatic N) is 1. The maximum atomic E-state index is 11.8. The summed E-state index contributed by atoms with van der Waals surface area (Å²) in [4.78, 5) is 13.3. The van der Waals surface area contributed by atoms with Crippen molar-refractivity contribution in [2.45, 2.75) is 39.2 Å². The molecule has 4 heteroatoms. The van der Waals surface area contributed by atoms with Crippen LogP contribution in [0, 0.1) is 0 Å². The van der Waals surface area contributed by atoms with Crippen molar-refractivity contribution in [1.29, 1.82) is 0 Å². The van der Waals surface area contributed by atoms with Crippen molar-refractivity contribution >= 4 is 11.6 Å². The lowest BCUT2D eigenvalue weighted by molar-refractivity contribution is -0.125. The summed E-state index contributed by atoms with van der Waals surface area (Å²) in [5.74, 6) is 0.471. The molecule has 0 fully saturated rings. The molecule has 1 aromatic carbocycles. The summed E-state index contributed by atoms with van der Waals surface area (Å²) in [5.41, 5.74) is 1.69. The third-order valence-corrected chi connectivity index (χ3v) is 3.07. The Morgan fingerprint density at radius 2 is 1.95 bits per heavy atom. The second-order valence-electron chi connectivity index (χ2n) is 5.71. The predicted octanol–water partition coefficient (Wildman–Crippen LogP) is 2.34. The fraction of sp³-hybridized carbons (Fsp3) is 0.533. The Morgan fingerprint density at radius 1 is 1.37 bits per heavy atom. The van der Waals surface area contributed by atoms with Crippen molar-refractivity contribution in [2.24, 2.45) is 0 Å². The highest BCUT2D eigenvalue weighted by molar-refractivity contribution is 5.95.